The van der Waals surface area contributed by atoms with Gasteiger partial charge in [0.2, 0.25) is 5.91 Å². The highest BCUT2D eigenvalue weighted by molar-refractivity contribution is 5.83. The lowest BCUT2D eigenvalue weighted by Gasteiger charge is -2.30. The summed E-state index contributed by atoms with van der Waals surface area (Å²) in [4.78, 5) is 12.0. The summed E-state index contributed by atoms with van der Waals surface area (Å²) in [5.74, 6) is 0.526. The normalized spacial score (nSPS) is 26.9. The van der Waals surface area contributed by atoms with Crippen LogP contribution in [0.1, 0.15) is 20.3 Å². The van der Waals surface area contributed by atoms with Crippen molar-refractivity contribution in [1.29, 1.82) is 0 Å². The summed E-state index contributed by atoms with van der Waals surface area (Å²) in [7, 11) is 0. The van der Waals surface area contributed by atoms with E-state index in [4.69, 9.17) is 5.73 Å². The first-order chi connectivity index (χ1) is 6.63. The van der Waals surface area contributed by atoms with Crippen LogP contribution in [0.25, 0.3) is 0 Å². The van der Waals surface area contributed by atoms with Gasteiger partial charge in [-0.15, -0.1) is 0 Å². The van der Waals surface area contributed by atoms with Gasteiger partial charge in [-0.1, -0.05) is 13.8 Å². The van der Waals surface area contributed by atoms with Gasteiger partial charge in [-0.3, -0.25) is 4.79 Å². The molecule has 4 heteroatoms. The van der Waals surface area contributed by atoms with Crippen molar-refractivity contribution in [3.63, 3.8) is 0 Å². The van der Waals surface area contributed by atoms with Gasteiger partial charge >= 0.3 is 0 Å². The molecule has 82 valence electrons. The number of nitrogens with one attached hydrogen (secondary N) is 2. The first kappa shape index (κ1) is 11.5. The Kier molecular flexibility index (Phi) is 3.89. The quantitative estimate of drug-likeness (QED) is 0.582. The smallest absolute Gasteiger partial charge is 0.227 e. The summed E-state index contributed by atoms with van der Waals surface area (Å²) in [6.45, 7) is 7.03. The molecule has 1 heterocycles. The van der Waals surface area contributed by atoms with Crippen LogP contribution in [0.4, 0.5) is 0 Å². The van der Waals surface area contributed by atoms with Crippen LogP contribution in [-0.4, -0.2) is 32.1 Å². The molecular formula is C10H21N3O. The average molecular weight is 199 g/mol. The summed E-state index contributed by atoms with van der Waals surface area (Å²) < 4.78 is 0. The Morgan fingerprint density at radius 1 is 1.64 bits per heavy atom. The van der Waals surface area contributed by atoms with E-state index in [2.05, 4.69) is 24.5 Å². The molecule has 4 N–H and O–H groups in total. The maximum atomic E-state index is 12.0. The molecule has 1 atom stereocenters. The molecule has 1 saturated heterocycles. The lowest BCUT2D eigenvalue weighted by Crippen LogP contribution is -2.47. The van der Waals surface area contributed by atoms with Crippen LogP contribution >= 0.6 is 0 Å². The van der Waals surface area contributed by atoms with Crippen LogP contribution in [0.2, 0.25) is 0 Å². The molecule has 0 aliphatic carbocycles. The zero-order valence-corrected chi connectivity index (χ0v) is 9.10. The van der Waals surface area contributed by atoms with E-state index >= 15 is 0 Å². The Balaban J connectivity index is 2.62. The van der Waals surface area contributed by atoms with Crippen molar-refractivity contribution in [2.45, 2.75) is 20.3 Å². The highest BCUT2D eigenvalue weighted by Gasteiger charge is 2.43. The van der Waals surface area contributed by atoms with E-state index < -0.39 is 0 Å². The fourth-order valence-corrected chi connectivity index (χ4v) is 2.02. The summed E-state index contributed by atoms with van der Waals surface area (Å²) >= 11 is 0. The molecule has 14 heavy (non-hydrogen) atoms. The minimum absolute atomic E-state index is 0.156. The molecule has 4 nitrogen and oxygen atoms in total. The number of hydrogen-bond acceptors (Lipinski definition) is 3. The molecule has 0 aromatic carbocycles. The van der Waals surface area contributed by atoms with Crippen molar-refractivity contribution in [1.82, 2.24) is 10.6 Å². The minimum Gasteiger partial charge on any atom is -0.354 e. The van der Waals surface area contributed by atoms with Gasteiger partial charge < -0.3 is 16.4 Å². The van der Waals surface area contributed by atoms with Gasteiger partial charge in [0.25, 0.3) is 0 Å². The zero-order valence-electron chi connectivity index (χ0n) is 9.10. The Morgan fingerprint density at radius 3 is 2.79 bits per heavy atom. The van der Waals surface area contributed by atoms with Crippen molar-refractivity contribution >= 4 is 5.91 Å². The van der Waals surface area contributed by atoms with Crippen molar-refractivity contribution in [3.05, 3.63) is 0 Å². The van der Waals surface area contributed by atoms with E-state index in [-0.39, 0.29) is 11.3 Å². The number of carbonyl (C=O) groups is 1. The Hall–Kier alpha value is -0.610. The highest BCUT2D eigenvalue weighted by atomic mass is 16.2. The molecule has 0 radical (unpaired) electrons. The average Bonchev–Trinajstić information content (AvgIpc) is 2.63. The lowest BCUT2D eigenvalue weighted by atomic mass is 9.75. The SMILES string of the molecule is CC(C)C1(C(=O)NCCN)CCNC1. The van der Waals surface area contributed by atoms with E-state index in [0.29, 0.717) is 19.0 Å². The van der Waals surface area contributed by atoms with Gasteiger partial charge in [-0.05, 0) is 18.9 Å². The van der Waals surface area contributed by atoms with Gasteiger partial charge in [-0.2, -0.15) is 0 Å². The number of rotatable bonds is 4. The first-order valence-corrected chi connectivity index (χ1v) is 5.32. The second-order valence-electron chi connectivity index (χ2n) is 4.28. The molecule has 1 unspecified atom stereocenters. The number of nitrogens with two attached hydrogens (primary N) is 1. The van der Waals surface area contributed by atoms with E-state index in [1.54, 1.807) is 0 Å². The molecule has 1 aliphatic heterocycles. The molecule has 0 aromatic rings. The van der Waals surface area contributed by atoms with Gasteiger partial charge in [0, 0.05) is 19.6 Å². The van der Waals surface area contributed by atoms with Crippen molar-refractivity contribution < 1.29 is 4.79 Å². The minimum atomic E-state index is -0.213. The Morgan fingerprint density at radius 2 is 2.36 bits per heavy atom. The van der Waals surface area contributed by atoms with E-state index in [1.807, 2.05) is 0 Å². The van der Waals surface area contributed by atoms with Crippen LogP contribution in [0.15, 0.2) is 0 Å². The molecule has 1 aliphatic rings. The standard InChI is InChI=1S/C10H21N3O/c1-8(2)10(3-5-12-7-10)9(14)13-6-4-11/h8,12H,3-7,11H2,1-2H3,(H,13,14). The maximum Gasteiger partial charge on any atom is 0.227 e. The van der Waals surface area contributed by atoms with Crippen molar-refractivity contribution in [2.24, 2.45) is 17.1 Å². The lowest BCUT2D eigenvalue weighted by molar-refractivity contribution is -0.132. The Bertz CT molecular complexity index is 198. The van der Waals surface area contributed by atoms with Crippen LogP contribution in [0.3, 0.4) is 0 Å². The second-order valence-corrected chi connectivity index (χ2v) is 4.28. The monoisotopic (exact) mass is 199 g/mol. The predicted octanol–water partition coefficient (Wildman–Crippen LogP) is -0.303. The molecule has 1 rings (SSSR count). The van der Waals surface area contributed by atoms with Gasteiger partial charge in [0.1, 0.15) is 0 Å². The largest absolute Gasteiger partial charge is 0.354 e. The van der Waals surface area contributed by atoms with Gasteiger partial charge in [0.05, 0.1) is 5.41 Å². The second kappa shape index (κ2) is 4.75. The van der Waals surface area contributed by atoms with E-state index in [9.17, 15) is 4.79 Å². The van der Waals surface area contributed by atoms with Crippen LogP contribution < -0.4 is 16.4 Å². The number of hydrogen-bond donors (Lipinski definition) is 3. The third kappa shape index (κ3) is 2.07. The van der Waals surface area contributed by atoms with Gasteiger partial charge in [-0.25, -0.2) is 0 Å². The fourth-order valence-electron chi connectivity index (χ4n) is 2.02. The Labute approximate surface area is 85.6 Å². The summed E-state index contributed by atoms with van der Waals surface area (Å²) in [5.41, 5.74) is 5.15. The molecule has 0 spiro atoms. The van der Waals surface area contributed by atoms with Crippen LogP contribution in [0.5, 0.6) is 0 Å². The number of amides is 1. The molecule has 0 bridgehead atoms. The third-order valence-electron chi connectivity index (χ3n) is 3.18. The predicted molar refractivity (Wildman–Crippen MR) is 56.8 cm³/mol. The molecule has 0 saturated carbocycles. The van der Waals surface area contributed by atoms with Crippen molar-refractivity contribution in [2.75, 3.05) is 26.2 Å². The summed E-state index contributed by atoms with van der Waals surface area (Å²) in [5, 5.41) is 6.15. The zero-order chi connectivity index (χ0) is 10.6. The van der Waals surface area contributed by atoms with E-state index in [0.717, 1.165) is 19.5 Å². The first-order valence-electron chi connectivity index (χ1n) is 5.32. The summed E-state index contributed by atoms with van der Waals surface area (Å²) in [6, 6.07) is 0. The van der Waals surface area contributed by atoms with Gasteiger partial charge in [0.15, 0.2) is 0 Å². The maximum absolute atomic E-state index is 12.0. The number of carbonyl (C=O) groups excluding carboxylic acids is 1. The third-order valence-corrected chi connectivity index (χ3v) is 3.18. The van der Waals surface area contributed by atoms with Crippen LogP contribution in [-0.2, 0) is 4.79 Å². The summed E-state index contributed by atoms with van der Waals surface area (Å²) in [6.07, 6.45) is 0.932. The van der Waals surface area contributed by atoms with E-state index in [1.165, 1.54) is 0 Å². The topological polar surface area (TPSA) is 67.2 Å². The molecule has 0 aromatic heterocycles. The molecular weight excluding hydrogens is 178 g/mol. The van der Waals surface area contributed by atoms with Crippen molar-refractivity contribution in [3.8, 4) is 0 Å². The fraction of sp³-hybridized carbons (Fsp3) is 0.900. The molecule has 1 fully saturated rings. The van der Waals surface area contributed by atoms with Crippen LogP contribution in [0, 0.1) is 11.3 Å². The molecule has 1 amide bonds. The highest BCUT2D eigenvalue weighted by Crippen LogP contribution is 2.34.